The molecule has 0 atom stereocenters. The quantitative estimate of drug-likeness (QED) is 0.620. The first kappa shape index (κ1) is 17.1. The highest BCUT2D eigenvalue weighted by molar-refractivity contribution is 6.76. The lowest BCUT2D eigenvalue weighted by atomic mass is 10.3. The first-order valence-electron chi connectivity index (χ1n) is 7.49. The van der Waals surface area contributed by atoms with E-state index in [9.17, 15) is 5.26 Å². The monoisotopic (exact) mass is 330 g/mol. The van der Waals surface area contributed by atoms with Crippen molar-refractivity contribution in [3.63, 3.8) is 0 Å². The average molecular weight is 330 g/mol. The van der Waals surface area contributed by atoms with Gasteiger partial charge in [0.05, 0.1) is 11.9 Å². The van der Waals surface area contributed by atoms with E-state index in [0.717, 1.165) is 11.7 Å². The minimum absolute atomic E-state index is 0.299. The summed E-state index contributed by atoms with van der Waals surface area (Å²) in [5, 5.41) is 16.6. The van der Waals surface area contributed by atoms with Gasteiger partial charge in [-0.2, -0.15) is 10.4 Å². The molecule has 0 aliphatic heterocycles. The van der Waals surface area contributed by atoms with Crippen molar-refractivity contribution in [2.24, 2.45) is 0 Å². The molecule has 0 saturated heterocycles. The fourth-order valence-corrected chi connectivity index (χ4v) is 2.63. The second-order valence-corrected chi connectivity index (χ2v) is 12.1. The predicted octanol–water partition coefficient (Wildman–Crippen LogP) is 2.91. The van der Waals surface area contributed by atoms with E-state index < -0.39 is 8.07 Å². The van der Waals surface area contributed by atoms with E-state index in [-0.39, 0.29) is 0 Å². The zero-order chi connectivity index (χ0) is 16.9. The van der Waals surface area contributed by atoms with Crippen molar-refractivity contribution in [1.29, 1.82) is 5.26 Å². The molecule has 0 spiro atoms. The summed E-state index contributed by atoms with van der Waals surface area (Å²) in [5.41, 5.74) is 1.20. The SMILES string of the molecule is Cc1nccnc1Nc1c(C#N)cnn1COCC[Si](C)(C)C. The molecule has 0 saturated carbocycles. The van der Waals surface area contributed by atoms with Gasteiger partial charge >= 0.3 is 0 Å². The Balaban J connectivity index is 2.08. The van der Waals surface area contributed by atoms with Crippen LogP contribution in [0.4, 0.5) is 11.6 Å². The lowest BCUT2D eigenvalue weighted by Gasteiger charge is -2.16. The van der Waals surface area contributed by atoms with Crippen molar-refractivity contribution in [1.82, 2.24) is 19.7 Å². The summed E-state index contributed by atoms with van der Waals surface area (Å²) in [5.74, 6) is 1.18. The number of nitrogens with zero attached hydrogens (tertiary/aromatic N) is 5. The fraction of sp³-hybridized carbons (Fsp3) is 0.467. The van der Waals surface area contributed by atoms with Crippen LogP contribution in [0.25, 0.3) is 0 Å². The Kier molecular flexibility index (Phi) is 5.47. The Morgan fingerprint density at radius 3 is 2.70 bits per heavy atom. The Hall–Kier alpha value is -2.24. The maximum atomic E-state index is 9.24. The van der Waals surface area contributed by atoms with Gasteiger partial charge in [-0.3, -0.25) is 4.98 Å². The van der Waals surface area contributed by atoms with Crippen molar-refractivity contribution in [3.05, 3.63) is 29.8 Å². The maximum Gasteiger partial charge on any atom is 0.153 e. The normalized spacial score (nSPS) is 11.3. The van der Waals surface area contributed by atoms with Gasteiger partial charge in [0.15, 0.2) is 11.6 Å². The molecular formula is C15H22N6OSi. The molecule has 7 nitrogen and oxygen atoms in total. The molecule has 122 valence electrons. The van der Waals surface area contributed by atoms with Gasteiger partial charge in [-0.25, -0.2) is 9.67 Å². The van der Waals surface area contributed by atoms with Gasteiger partial charge in [0.25, 0.3) is 0 Å². The van der Waals surface area contributed by atoms with Gasteiger partial charge in [-0.1, -0.05) is 19.6 Å². The van der Waals surface area contributed by atoms with E-state index in [2.05, 4.69) is 46.1 Å². The number of anilines is 2. The molecule has 2 rings (SSSR count). The van der Waals surface area contributed by atoms with E-state index >= 15 is 0 Å². The summed E-state index contributed by atoms with van der Waals surface area (Å²) < 4.78 is 7.35. The highest BCUT2D eigenvalue weighted by Crippen LogP contribution is 2.20. The summed E-state index contributed by atoms with van der Waals surface area (Å²) in [7, 11) is -1.12. The highest BCUT2D eigenvalue weighted by Gasteiger charge is 2.15. The van der Waals surface area contributed by atoms with Crippen LogP contribution < -0.4 is 5.32 Å². The molecular weight excluding hydrogens is 308 g/mol. The number of aryl methyl sites for hydroxylation is 1. The zero-order valence-corrected chi connectivity index (χ0v) is 15.0. The Bertz CT molecular complexity index is 701. The Morgan fingerprint density at radius 2 is 2.04 bits per heavy atom. The zero-order valence-electron chi connectivity index (χ0n) is 14.0. The standard InChI is InChI=1S/C15H22N6OSi/c1-12-14(18-6-5-17-12)20-15-13(9-16)10-19-21(15)11-22-7-8-23(2,3)4/h5-6,10H,7-8,11H2,1-4H3,(H,18,20). The number of nitrogens with one attached hydrogen (secondary N) is 1. The molecule has 0 bridgehead atoms. The van der Waals surface area contributed by atoms with Crippen LogP contribution in [0.2, 0.25) is 25.7 Å². The average Bonchev–Trinajstić information content (AvgIpc) is 2.87. The van der Waals surface area contributed by atoms with Crippen molar-refractivity contribution in [2.75, 3.05) is 11.9 Å². The summed E-state index contributed by atoms with van der Waals surface area (Å²) in [4.78, 5) is 8.42. The number of nitriles is 1. The Morgan fingerprint density at radius 1 is 1.30 bits per heavy atom. The topological polar surface area (TPSA) is 88.7 Å². The molecule has 2 aromatic heterocycles. The lowest BCUT2D eigenvalue weighted by molar-refractivity contribution is 0.0801. The van der Waals surface area contributed by atoms with Crippen LogP contribution in [-0.4, -0.2) is 34.4 Å². The van der Waals surface area contributed by atoms with E-state index in [1.165, 1.54) is 6.20 Å². The van der Waals surface area contributed by atoms with E-state index in [1.54, 1.807) is 17.1 Å². The number of rotatable bonds is 7. The second kappa shape index (κ2) is 7.35. The summed E-state index contributed by atoms with van der Waals surface area (Å²) in [6.07, 6.45) is 4.75. The maximum absolute atomic E-state index is 9.24. The first-order valence-corrected chi connectivity index (χ1v) is 11.2. The van der Waals surface area contributed by atoms with Crippen LogP contribution >= 0.6 is 0 Å². The summed E-state index contributed by atoms with van der Waals surface area (Å²) in [6.45, 7) is 9.77. The molecule has 0 amide bonds. The van der Waals surface area contributed by atoms with Crippen LogP contribution in [0.1, 0.15) is 11.3 Å². The van der Waals surface area contributed by atoms with Crippen molar-refractivity contribution in [3.8, 4) is 6.07 Å². The molecule has 0 fully saturated rings. The van der Waals surface area contributed by atoms with Crippen LogP contribution in [0.15, 0.2) is 18.6 Å². The molecule has 1 N–H and O–H groups in total. The molecule has 8 heteroatoms. The summed E-state index contributed by atoms with van der Waals surface area (Å²) in [6, 6.07) is 3.22. The largest absolute Gasteiger partial charge is 0.359 e. The molecule has 2 heterocycles. The number of hydrogen-bond acceptors (Lipinski definition) is 6. The van der Waals surface area contributed by atoms with Gasteiger partial charge in [-0.05, 0) is 13.0 Å². The van der Waals surface area contributed by atoms with E-state index in [0.29, 0.717) is 30.5 Å². The van der Waals surface area contributed by atoms with Crippen LogP contribution in [-0.2, 0) is 11.5 Å². The van der Waals surface area contributed by atoms with Gasteiger partial charge in [0.1, 0.15) is 18.4 Å². The predicted molar refractivity (Wildman–Crippen MR) is 91.1 cm³/mol. The molecule has 0 aromatic carbocycles. The molecule has 23 heavy (non-hydrogen) atoms. The van der Waals surface area contributed by atoms with Crippen molar-refractivity contribution < 1.29 is 4.74 Å². The van der Waals surface area contributed by atoms with E-state index in [1.807, 2.05) is 6.92 Å². The third-order valence-electron chi connectivity index (χ3n) is 3.29. The molecule has 0 aliphatic rings. The molecule has 0 radical (unpaired) electrons. The minimum Gasteiger partial charge on any atom is -0.359 e. The smallest absolute Gasteiger partial charge is 0.153 e. The number of aromatic nitrogens is 4. The van der Waals surface area contributed by atoms with Crippen molar-refractivity contribution in [2.45, 2.75) is 39.3 Å². The number of hydrogen-bond donors (Lipinski definition) is 1. The second-order valence-electron chi connectivity index (χ2n) is 6.48. The fourth-order valence-electron chi connectivity index (χ4n) is 1.87. The molecule has 0 unspecified atom stereocenters. The Labute approximate surface area is 137 Å². The van der Waals surface area contributed by atoms with Crippen LogP contribution in [0.3, 0.4) is 0 Å². The highest BCUT2D eigenvalue weighted by atomic mass is 28.3. The first-order chi connectivity index (χ1) is 10.9. The van der Waals surface area contributed by atoms with Gasteiger partial charge in [0, 0.05) is 27.1 Å². The third kappa shape index (κ3) is 4.87. The molecule has 0 aliphatic carbocycles. The number of ether oxygens (including phenoxy) is 1. The third-order valence-corrected chi connectivity index (χ3v) is 4.99. The lowest BCUT2D eigenvalue weighted by Crippen LogP contribution is -2.22. The van der Waals surface area contributed by atoms with Gasteiger partial charge in [0.2, 0.25) is 0 Å². The van der Waals surface area contributed by atoms with E-state index in [4.69, 9.17) is 4.74 Å². The van der Waals surface area contributed by atoms with Crippen LogP contribution in [0.5, 0.6) is 0 Å². The van der Waals surface area contributed by atoms with Gasteiger partial charge < -0.3 is 10.1 Å². The van der Waals surface area contributed by atoms with Gasteiger partial charge in [-0.15, -0.1) is 0 Å². The van der Waals surface area contributed by atoms with Crippen LogP contribution in [0, 0.1) is 18.3 Å². The molecule has 2 aromatic rings. The van der Waals surface area contributed by atoms with Crippen molar-refractivity contribution >= 4 is 19.7 Å². The summed E-state index contributed by atoms with van der Waals surface area (Å²) >= 11 is 0. The minimum atomic E-state index is -1.12.